The van der Waals surface area contributed by atoms with Crippen LogP contribution in [-0.4, -0.2) is 42.4 Å². The molecule has 0 bridgehead atoms. The molecule has 0 unspecified atom stereocenters. The highest BCUT2D eigenvalue weighted by molar-refractivity contribution is 8.67. The largest absolute Gasteiger partial charge is 0.364 e. The van der Waals surface area contributed by atoms with Crippen LogP contribution in [-0.2, 0) is 27.8 Å². The zero-order valence-corrected chi connectivity index (χ0v) is 17.2. The molecule has 1 heterocycles. The highest BCUT2D eigenvalue weighted by Crippen LogP contribution is 2.33. The standard InChI is InChI=1S/C16H15N3O7S3/c1-27(21,22)29(25,26)19-10-7-8-13-12(9-10)15(14(18-13)16(17)20)28(23,24)11-5-3-2-4-6-11/h2-9,18-19H,1H3,(H2,17,20). The van der Waals surface area contributed by atoms with Crippen molar-refractivity contribution in [1.29, 1.82) is 0 Å². The monoisotopic (exact) mass is 457 g/mol. The number of nitrogens with two attached hydrogens (primary N) is 1. The molecule has 3 aromatic rings. The van der Waals surface area contributed by atoms with Crippen molar-refractivity contribution < 1.29 is 30.0 Å². The first-order chi connectivity index (χ1) is 13.3. The molecule has 4 N–H and O–H groups in total. The number of aromatic nitrogens is 1. The van der Waals surface area contributed by atoms with Gasteiger partial charge in [0.2, 0.25) is 9.84 Å². The van der Waals surface area contributed by atoms with Crippen LogP contribution in [0.2, 0.25) is 0 Å². The number of nitrogens with one attached hydrogen (secondary N) is 2. The predicted molar refractivity (Wildman–Crippen MR) is 106 cm³/mol. The number of rotatable bonds is 6. The van der Waals surface area contributed by atoms with Gasteiger partial charge >= 0.3 is 9.06 Å². The van der Waals surface area contributed by atoms with E-state index in [2.05, 4.69) is 4.98 Å². The summed E-state index contributed by atoms with van der Waals surface area (Å²) in [4.78, 5) is 13.9. The summed E-state index contributed by atoms with van der Waals surface area (Å²) in [7, 11) is -13.5. The Morgan fingerprint density at radius 3 is 2.14 bits per heavy atom. The van der Waals surface area contributed by atoms with Crippen LogP contribution in [0.25, 0.3) is 10.9 Å². The molecule has 0 aliphatic carbocycles. The molecule has 0 radical (unpaired) electrons. The van der Waals surface area contributed by atoms with Crippen molar-refractivity contribution in [3.05, 3.63) is 54.2 Å². The van der Waals surface area contributed by atoms with Crippen molar-refractivity contribution in [2.45, 2.75) is 9.79 Å². The van der Waals surface area contributed by atoms with Gasteiger partial charge in [-0.25, -0.2) is 16.8 Å². The SMILES string of the molecule is CS(=O)(=O)S(=O)(=O)Nc1ccc2[nH]c(C(N)=O)c(S(=O)(=O)c3ccccc3)c2c1. The Hall–Kier alpha value is -2.90. The number of aromatic amines is 1. The first-order valence-electron chi connectivity index (χ1n) is 7.83. The number of hydrogen-bond donors (Lipinski definition) is 3. The van der Waals surface area contributed by atoms with Gasteiger partial charge in [-0.3, -0.25) is 9.52 Å². The normalized spacial score (nSPS) is 12.7. The molecule has 0 spiro atoms. The van der Waals surface area contributed by atoms with Gasteiger partial charge < -0.3 is 10.7 Å². The van der Waals surface area contributed by atoms with Gasteiger partial charge in [-0.1, -0.05) is 18.2 Å². The van der Waals surface area contributed by atoms with Crippen molar-refractivity contribution in [2.75, 3.05) is 11.0 Å². The summed E-state index contributed by atoms with van der Waals surface area (Å²) < 4.78 is 74.7. The number of sulfone groups is 1. The maximum absolute atomic E-state index is 13.1. The molecule has 3 rings (SSSR count). The Kier molecular flexibility index (Phi) is 4.93. The van der Waals surface area contributed by atoms with E-state index in [-0.39, 0.29) is 27.2 Å². The number of benzene rings is 2. The van der Waals surface area contributed by atoms with Crippen molar-refractivity contribution in [3.63, 3.8) is 0 Å². The summed E-state index contributed by atoms with van der Waals surface area (Å²) in [6.07, 6.45) is 0.515. The lowest BCUT2D eigenvalue weighted by Gasteiger charge is -2.08. The summed E-state index contributed by atoms with van der Waals surface area (Å²) in [6, 6.07) is 10.9. The number of carbonyl (C=O) groups is 1. The molecule has 0 atom stereocenters. The lowest BCUT2D eigenvalue weighted by molar-refractivity contribution is 0.0993. The van der Waals surface area contributed by atoms with Crippen LogP contribution < -0.4 is 10.5 Å². The Morgan fingerprint density at radius 1 is 0.966 bits per heavy atom. The summed E-state index contributed by atoms with van der Waals surface area (Å²) in [6.45, 7) is 0. The van der Waals surface area contributed by atoms with Crippen LogP contribution in [0.3, 0.4) is 0 Å². The third kappa shape index (κ3) is 3.71. The Labute approximate surface area is 166 Å². The van der Waals surface area contributed by atoms with E-state index in [9.17, 15) is 30.0 Å². The minimum Gasteiger partial charge on any atom is -0.364 e. The number of amides is 1. The molecule has 1 aromatic heterocycles. The van der Waals surface area contributed by atoms with Gasteiger partial charge in [-0.15, -0.1) is 0 Å². The highest BCUT2D eigenvalue weighted by Gasteiger charge is 2.30. The van der Waals surface area contributed by atoms with Gasteiger partial charge in [0.05, 0.1) is 16.8 Å². The fourth-order valence-electron chi connectivity index (χ4n) is 2.62. The van der Waals surface area contributed by atoms with Crippen LogP contribution in [0, 0.1) is 0 Å². The Morgan fingerprint density at radius 2 is 1.59 bits per heavy atom. The Balaban J connectivity index is 2.29. The zero-order valence-electron chi connectivity index (χ0n) is 14.8. The molecule has 0 saturated heterocycles. The molecular weight excluding hydrogens is 442 g/mol. The smallest absolute Gasteiger partial charge is 0.338 e. The topological polar surface area (TPSA) is 173 Å². The maximum atomic E-state index is 13.1. The minimum atomic E-state index is -4.76. The van der Waals surface area contributed by atoms with Gasteiger partial charge in [0.15, 0.2) is 0 Å². The highest BCUT2D eigenvalue weighted by atomic mass is 33.2. The fourth-order valence-corrected chi connectivity index (χ4v) is 5.56. The van der Waals surface area contributed by atoms with E-state index in [1.54, 1.807) is 6.07 Å². The quantitative estimate of drug-likeness (QED) is 0.459. The van der Waals surface area contributed by atoms with Gasteiger partial charge in [0, 0.05) is 10.9 Å². The van der Waals surface area contributed by atoms with E-state index >= 15 is 0 Å². The third-order valence-electron chi connectivity index (χ3n) is 3.96. The molecule has 0 fully saturated rings. The maximum Gasteiger partial charge on any atom is 0.338 e. The average Bonchev–Trinajstić information content (AvgIpc) is 3.01. The summed E-state index contributed by atoms with van der Waals surface area (Å²) >= 11 is 0. The zero-order chi connectivity index (χ0) is 21.6. The summed E-state index contributed by atoms with van der Waals surface area (Å²) in [5, 5.41) is -0.0312. The number of primary amides is 1. The number of anilines is 1. The minimum absolute atomic E-state index is 0.0312. The molecule has 0 saturated carbocycles. The van der Waals surface area contributed by atoms with Crippen molar-refractivity contribution in [1.82, 2.24) is 4.98 Å². The van der Waals surface area contributed by atoms with Crippen LogP contribution in [0.5, 0.6) is 0 Å². The number of fused-ring (bicyclic) bond motifs is 1. The second kappa shape index (κ2) is 6.86. The third-order valence-corrected chi connectivity index (χ3v) is 9.74. The molecule has 2 aromatic carbocycles. The van der Waals surface area contributed by atoms with E-state index in [1.807, 2.05) is 4.72 Å². The van der Waals surface area contributed by atoms with Crippen molar-refractivity contribution in [3.8, 4) is 0 Å². The molecule has 13 heteroatoms. The molecule has 29 heavy (non-hydrogen) atoms. The van der Waals surface area contributed by atoms with Crippen LogP contribution in [0.15, 0.2) is 58.3 Å². The molecular formula is C16H15N3O7S3. The summed E-state index contributed by atoms with van der Waals surface area (Å²) in [5.41, 5.74) is 4.93. The number of carbonyl (C=O) groups excluding carboxylic acids is 1. The number of hydrogen-bond acceptors (Lipinski definition) is 7. The fraction of sp³-hybridized carbons (Fsp3) is 0.0625. The first-order valence-corrected chi connectivity index (χ1v) is 13.2. The lowest BCUT2D eigenvalue weighted by Crippen LogP contribution is -2.21. The lowest BCUT2D eigenvalue weighted by atomic mass is 10.2. The van der Waals surface area contributed by atoms with Gasteiger partial charge in [-0.05, 0) is 30.3 Å². The van der Waals surface area contributed by atoms with Crippen LogP contribution in [0.4, 0.5) is 5.69 Å². The molecule has 10 nitrogen and oxygen atoms in total. The predicted octanol–water partition coefficient (Wildman–Crippen LogP) is 0.801. The van der Waals surface area contributed by atoms with E-state index in [0.29, 0.717) is 6.26 Å². The molecule has 0 aliphatic rings. The first kappa shape index (κ1) is 20.8. The number of H-pyrrole nitrogens is 1. The van der Waals surface area contributed by atoms with E-state index < -0.39 is 38.6 Å². The average molecular weight is 458 g/mol. The van der Waals surface area contributed by atoms with E-state index in [1.165, 1.54) is 36.4 Å². The molecule has 0 aliphatic heterocycles. The Bertz CT molecular complexity index is 1440. The van der Waals surface area contributed by atoms with Gasteiger partial charge in [0.25, 0.3) is 14.8 Å². The van der Waals surface area contributed by atoms with Gasteiger partial charge in [-0.2, -0.15) is 8.42 Å². The van der Waals surface area contributed by atoms with Crippen molar-refractivity contribution in [2.24, 2.45) is 5.73 Å². The van der Waals surface area contributed by atoms with Gasteiger partial charge in [0.1, 0.15) is 10.6 Å². The summed E-state index contributed by atoms with van der Waals surface area (Å²) in [5.74, 6) is -1.03. The van der Waals surface area contributed by atoms with E-state index in [0.717, 1.165) is 6.07 Å². The molecule has 154 valence electrons. The van der Waals surface area contributed by atoms with Crippen LogP contribution >= 0.6 is 0 Å². The van der Waals surface area contributed by atoms with E-state index in [4.69, 9.17) is 5.73 Å². The second-order valence-corrected chi connectivity index (χ2v) is 13.6. The molecule has 1 amide bonds. The van der Waals surface area contributed by atoms with Crippen LogP contribution in [0.1, 0.15) is 10.5 Å². The second-order valence-electron chi connectivity index (χ2n) is 6.03. The van der Waals surface area contributed by atoms with Crippen molar-refractivity contribution >= 4 is 50.3 Å².